The van der Waals surface area contributed by atoms with E-state index in [0.717, 1.165) is 11.1 Å². The molecular weight excluding hydrogens is 526 g/mol. The van der Waals surface area contributed by atoms with Gasteiger partial charge in [0.1, 0.15) is 18.1 Å². The normalized spacial score (nSPS) is 19.0. The molecule has 0 bridgehead atoms. The van der Waals surface area contributed by atoms with Crippen LogP contribution < -0.4 is 4.74 Å². The SMILES string of the molecule is Cc1ccccc1COc1ccc(C(O)=C2C(=O)C(=O)N(CCN3CCOCC3)C2c2ccc([N+](=O)[O-])cc2)cc1. The first-order valence-electron chi connectivity index (χ1n) is 13.4. The van der Waals surface area contributed by atoms with Crippen molar-refractivity contribution in [2.45, 2.75) is 19.6 Å². The highest BCUT2D eigenvalue weighted by molar-refractivity contribution is 6.46. The summed E-state index contributed by atoms with van der Waals surface area (Å²) >= 11 is 0. The standard InChI is InChI=1S/C31H31N3O7/c1-21-4-2-3-5-24(21)20-41-26-12-8-23(9-13-26)29(35)27-28(22-6-10-25(11-7-22)34(38)39)33(31(37)30(27)36)15-14-32-16-18-40-19-17-32/h2-13,28,35H,14-20H2,1H3. The van der Waals surface area contributed by atoms with E-state index in [9.17, 15) is 24.8 Å². The van der Waals surface area contributed by atoms with Crippen molar-refractivity contribution < 1.29 is 29.1 Å². The van der Waals surface area contributed by atoms with E-state index in [1.54, 1.807) is 24.3 Å². The van der Waals surface area contributed by atoms with Crippen LogP contribution in [0.15, 0.2) is 78.4 Å². The Balaban J connectivity index is 1.43. The lowest BCUT2D eigenvalue weighted by Gasteiger charge is -2.31. The molecule has 1 atom stereocenters. The molecule has 2 fully saturated rings. The summed E-state index contributed by atoms with van der Waals surface area (Å²) in [6, 6.07) is 19.4. The first-order chi connectivity index (χ1) is 19.8. The fourth-order valence-corrected chi connectivity index (χ4v) is 5.11. The van der Waals surface area contributed by atoms with Crippen LogP contribution in [-0.4, -0.2) is 70.9 Å². The predicted octanol–water partition coefficient (Wildman–Crippen LogP) is 4.24. The Morgan fingerprint density at radius 2 is 1.68 bits per heavy atom. The Bertz CT molecular complexity index is 1460. The molecule has 3 aromatic carbocycles. The van der Waals surface area contributed by atoms with Crippen molar-refractivity contribution in [1.29, 1.82) is 0 Å². The van der Waals surface area contributed by atoms with Crippen molar-refractivity contribution >= 4 is 23.1 Å². The molecule has 0 radical (unpaired) electrons. The van der Waals surface area contributed by atoms with Crippen LogP contribution in [0.1, 0.15) is 28.3 Å². The molecule has 1 unspecified atom stereocenters. The first kappa shape index (κ1) is 28.0. The molecule has 1 N–H and O–H groups in total. The summed E-state index contributed by atoms with van der Waals surface area (Å²) < 4.78 is 11.3. The number of aryl methyl sites for hydroxylation is 1. The lowest BCUT2D eigenvalue weighted by Crippen LogP contribution is -2.42. The summed E-state index contributed by atoms with van der Waals surface area (Å²) in [5.74, 6) is -1.25. The molecule has 2 aliphatic heterocycles. The number of carbonyl (C=O) groups is 2. The highest BCUT2D eigenvalue weighted by Crippen LogP contribution is 2.40. The third-order valence-corrected chi connectivity index (χ3v) is 7.50. The van der Waals surface area contributed by atoms with Crippen molar-refractivity contribution in [2.75, 3.05) is 39.4 Å². The third-order valence-electron chi connectivity index (χ3n) is 7.50. The monoisotopic (exact) mass is 557 g/mol. The number of carbonyl (C=O) groups excluding carboxylic acids is 2. The van der Waals surface area contributed by atoms with Crippen LogP contribution in [0, 0.1) is 17.0 Å². The van der Waals surface area contributed by atoms with Gasteiger partial charge in [-0.15, -0.1) is 0 Å². The molecule has 2 saturated heterocycles. The number of nitro groups is 1. The summed E-state index contributed by atoms with van der Waals surface area (Å²) in [5, 5.41) is 22.6. The van der Waals surface area contributed by atoms with Crippen LogP contribution in [-0.2, 0) is 20.9 Å². The van der Waals surface area contributed by atoms with Gasteiger partial charge in [-0.3, -0.25) is 24.6 Å². The molecule has 2 aliphatic rings. The number of hydrogen-bond acceptors (Lipinski definition) is 8. The minimum atomic E-state index is -0.895. The van der Waals surface area contributed by atoms with Gasteiger partial charge in [0.2, 0.25) is 0 Å². The molecule has 0 aliphatic carbocycles. The maximum Gasteiger partial charge on any atom is 0.295 e. The topological polar surface area (TPSA) is 122 Å². The predicted molar refractivity (Wildman–Crippen MR) is 151 cm³/mol. The highest BCUT2D eigenvalue weighted by atomic mass is 16.6. The molecule has 0 aromatic heterocycles. The molecule has 0 saturated carbocycles. The number of ether oxygens (including phenoxy) is 2. The Morgan fingerprint density at radius 1 is 1.00 bits per heavy atom. The lowest BCUT2D eigenvalue weighted by atomic mass is 9.95. The Kier molecular flexibility index (Phi) is 8.42. The summed E-state index contributed by atoms with van der Waals surface area (Å²) in [7, 11) is 0. The number of benzene rings is 3. The Morgan fingerprint density at radius 3 is 2.34 bits per heavy atom. The van der Waals surface area contributed by atoms with E-state index in [2.05, 4.69) is 4.90 Å². The average Bonchev–Trinajstić information content (AvgIpc) is 3.25. The lowest BCUT2D eigenvalue weighted by molar-refractivity contribution is -0.384. The summed E-state index contributed by atoms with van der Waals surface area (Å²) in [4.78, 5) is 40.9. The molecule has 212 valence electrons. The minimum Gasteiger partial charge on any atom is -0.507 e. The van der Waals surface area contributed by atoms with Crippen LogP contribution in [0.4, 0.5) is 5.69 Å². The van der Waals surface area contributed by atoms with Crippen LogP contribution in [0.3, 0.4) is 0 Å². The van der Waals surface area contributed by atoms with Gasteiger partial charge in [0, 0.05) is 43.9 Å². The molecule has 5 rings (SSSR count). The quantitative estimate of drug-likeness (QED) is 0.136. The van der Waals surface area contributed by atoms with Crippen LogP contribution in [0.25, 0.3) is 5.76 Å². The maximum atomic E-state index is 13.3. The minimum absolute atomic E-state index is 0.0561. The second-order valence-electron chi connectivity index (χ2n) is 10.0. The van der Waals surface area contributed by atoms with Crippen molar-refractivity contribution in [3.8, 4) is 5.75 Å². The number of nitro benzene ring substituents is 1. The van der Waals surface area contributed by atoms with E-state index in [0.29, 0.717) is 56.3 Å². The van der Waals surface area contributed by atoms with Gasteiger partial charge in [0.25, 0.3) is 17.4 Å². The molecule has 1 amide bonds. The summed E-state index contributed by atoms with van der Waals surface area (Å²) in [6.07, 6.45) is 0. The highest BCUT2D eigenvalue weighted by Gasteiger charge is 2.46. The van der Waals surface area contributed by atoms with Crippen LogP contribution >= 0.6 is 0 Å². The number of morpholine rings is 1. The number of nitrogens with zero attached hydrogens (tertiary/aromatic N) is 3. The fourth-order valence-electron chi connectivity index (χ4n) is 5.11. The maximum absolute atomic E-state index is 13.3. The number of rotatable bonds is 9. The zero-order valence-electron chi connectivity index (χ0n) is 22.7. The summed E-state index contributed by atoms with van der Waals surface area (Å²) in [5.41, 5.74) is 2.86. The molecule has 2 heterocycles. The molecule has 10 nitrogen and oxygen atoms in total. The van der Waals surface area contributed by atoms with Crippen LogP contribution in [0.5, 0.6) is 5.75 Å². The largest absolute Gasteiger partial charge is 0.507 e. The van der Waals surface area contributed by atoms with E-state index >= 15 is 0 Å². The third kappa shape index (κ3) is 6.13. The molecule has 41 heavy (non-hydrogen) atoms. The van der Waals surface area contributed by atoms with Gasteiger partial charge in [-0.2, -0.15) is 0 Å². The van der Waals surface area contributed by atoms with E-state index in [1.165, 1.54) is 29.2 Å². The second kappa shape index (κ2) is 12.3. The molecular formula is C31H31N3O7. The molecule has 3 aromatic rings. The number of aliphatic hydroxyl groups excluding tert-OH is 1. The van der Waals surface area contributed by atoms with Gasteiger partial charge in [0.05, 0.1) is 29.8 Å². The van der Waals surface area contributed by atoms with Gasteiger partial charge in [-0.25, -0.2) is 0 Å². The van der Waals surface area contributed by atoms with Gasteiger partial charge in [-0.1, -0.05) is 24.3 Å². The number of Topliss-reactive ketones (excluding diaryl/α,β-unsaturated/α-hetero) is 1. The molecule has 0 spiro atoms. The summed E-state index contributed by atoms with van der Waals surface area (Å²) in [6.45, 7) is 5.77. The van der Waals surface area contributed by atoms with Crippen molar-refractivity contribution in [1.82, 2.24) is 9.80 Å². The van der Waals surface area contributed by atoms with Gasteiger partial charge in [-0.05, 0) is 60.0 Å². The smallest absolute Gasteiger partial charge is 0.295 e. The number of aliphatic hydroxyl groups is 1. The molecule has 10 heteroatoms. The van der Waals surface area contributed by atoms with E-state index in [-0.39, 0.29) is 23.6 Å². The first-order valence-corrected chi connectivity index (χ1v) is 13.4. The number of non-ortho nitro benzene ring substituents is 1. The van der Waals surface area contributed by atoms with Gasteiger partial charge >= 0.3 is 0 Å². The average molecular weight is 558 g/mol. The fraction of sp³-hybridized carbons (Fsp3) is 0.290. The van der Waals surface area contributed by atoms with Crippen molar-refractivity contribution in [2.24, 2.45) is 0 Å². The zero-order chi connectivity index (χ0) is 28.9. The number of likely N-dealkylation sites (tertiary alicyclic amines) is 1. The van der Waals surface area contributed by atoms with Gasteiger partial charge < -0.3 is 19.5 Å². The van der Waals surface area contributed by atoms with Crippen molar-refractivity contribution in [3.63, 3.8) is 0 Å². The number of hydrogen-bond donors (Lipinski definition) is 1. The Hall–Kier alpha value is -4.54. The second-order valence-corrected chi connectivity index (χ2v) is 10.0. The van der Waals surface area contributed by atoms with Gasteiger partial charge in [0.15, 0.2) is 0 Å². The van der Waals surface area contributed by atoms with E-state index < -0.39 is 22.7 Å². The van der Waals surface area contributed by atoms with Crippen LogP contribution in [0.2, 0.25) is 0 Å². The van der Waals surface area contributed by atoms with Crippen molar-refractivity contribution in [3.05, 3.63) is 111 Å². The van der Waals surface area contributed by atoms with E-state index in [4.69, 9.17) is 9.47 Å². The zero-order valence-corrected chi connectivity index (χ0v) is 22.7. The number of amides is 1. The van der Waals surface area contributed by atoms with E-state index in [1.807, 2.05) is 31.2 Å². The Labute approximate surface area is 237 Å². The number of ketones is 1.